The quantitative estimate of drug-likeness (QED) is 0.771. The zero-order chi connectivity index (χ0) is 15.1. The van der Waals surface area contributed by atoms with Crippen molar-refractivity contribution in [2.24, 2.45) is 0 Å². The third kappa shape index (κ3) is 5.70. The maximum Gasteiger partial charge on any atom is 0.138 e. The molecule has 0 saturated heterocycles. The third-order valence-corrected chi connectivity index (χ3v) is 3.59. The lowest BCUT2D eigenvalue weighted by atomic mass is 10.1. The Bertz CT molecular complexity index is 583. The van der Waals surface area contributed by atoms with Gasteiger partial charge in [0.05, 0.1) is 0 Å². The van der Waals surface area contributed by atoms with Gasteiger partial charge in [-0.15, -0.1) is 0 Å². The second kappa shape index (κ2) is 7.96. The topological polar surface area (TPSA) is 20.3 Å². The van der Waals surface area contributed by atoms with E-state index in [9.17, 15) is 4.79 Å². The van der Waals surface area contributed by atoms with Gasteiger partial charge in [-0.2, -0.15) is 0 Å². The number of nitrogens with zero attached hydrogens (tertiary/aromatic N) is 1. The highest BCUT2D eigenvalue weighted by atomic mass is 35.5. The third-order valence-electron chi connectivity index (χ3n) is 3.36. The summed E-state index contributed by atoms with van der Waals surface area (Å²) in [6.45, 7) is 1.64. The summed E-state index contributed by atoms with van der Waals surface area (Å²) >= 11 is 5.93. The predicted octanol–water partition coefficient (Wildman–Crippen LogP) is 3.97. The molecule has 2 rings (SSSR count). The zero-order valence-corrected chi connectivity index (χ0v) is 13.0. The first-order valence-corrected chi connectivity index (χ1v) is 7.50. The van der Waals surface area contributed by atoms with Crippen LogP contribution in [0.1, 0.15) is 17.5 Å². The molecule has 0 fully saturated rings. The van der Waals surface area contributed by atoms with Gasteiger partial charge >= 0.3 is 0 Å². The standard InChI is InChI=1S/C18H20ClNO/c1-20(14-15-6-3-2-4-7-15)11-10-18(21)13-16-8-5-9-17(19)12-16/h2-9,12H,10-11,13-14H2,1H3. The Labute approximate surface area is 131 Å². The van der Waals surface area contributed by atoms with Gasteiger partial charge in [0.2, 0.25) is 0 Å². The molecule has 3 heteroatoms. The summed E-state index contributed by atoms with van der Waals surface area (Å²) in [6.07, 6.45) is 1.02. The first kappa shape index (κ1) is 15.7. The number of rotatable bonds is 7. The molecular weight excluding hydrogens is 282 g/mol. The Morgan fingerprint density at radius 1 is 1.05 bits per heavy atom. The maximum absolute atomic E-state index is 12.0. The molecule has 0 saturated carbocycles. The largest absolute Gasteiger partial charge is 0.302 e. The molecule has 0 bridgehead atoms. The Balaban J connectivity index is 1.76. The molecule has 0 heterocycles. The molecule has 0 aliphatic carbocycles. The molecule has 2 aromatic carbocycles. The smallest absolute Gasteiger partial charge is 0.138 e. The summed E-state index contributed by atoms with van der Waals surface area (Å²) in [5.74, 6) is 0.247. The number of benzene rings is 2. The van der Waals surface area contributed by atoms with Crippen LogP contribution in [0.3, 0.4) is 0 Å². The molecule has 0 aliphatic rings. The Morgan fingerprint density at radius 2 is 1.76 bits per heavy atom. The van der Waals surface area contributed by atoms with Crippen LogP contribution in [0.4, 0.5) is 0 Å². The zero-order valence-electron chi connectivity index (χ0n) is 12.3. The number of carbonyl (C=O) groups excluding carboxylic acids is 1. The molecule has 0 amide bonds. The fourth-order valence-corrected chi connectivity index (χ4v) is 2.47. The molecule has 110 valence electrons. The van der Waals surface area contributed by atoms with Gasteiger partial charge in [0.15, 0.2) is 0 Å². The Morgan fingerprint density at radius 3 is 2.48 bits per heavy atom. The van der Waals surface area contributed by atoms with Crippen LogP contribution in [0.25, 0.3) is 0 Å². The highest BCUT2D eigenvalue weighted by Gasteiger charge is 2.07. The minimum Gasteiger partial charge on any atom is -0.302 e. The highest BCUT2D eigenvalue weighted by molar-refractivity contribution is 6.30. The van der Waals surface area contributed by atoms with Crippen LogP contribution in [0.2, 0.25) is 5.02 Å². The van der Waals surface area contributed by atoms with Gasteiger partial charge < -0.3 is 4.90 Å². The van der Waals surface area contributed by atoms with Crippen molar-refractivity contribution in [3.8, 4) is 0 Å². The van der Waals surface area contributed by atoms with Gasteiger partial charge in [0, 0.05) is 31.0 Å². The van der Waals surface area contributed by atoms with E-state index in [1.165, 1.54) is 5.56 Å². The van der Waals surface area contributed by atoms with Crippen molar-refractivity contribution in [2.75, 3.05) is 13.6 Å². The van der Waals surface area contributed by atoms with E-state index >= 15 is 0 Å². The normalized spacial score (nSPS) is 10.8. The maximum atomic E-state index is 12.0. The van der Waals surface area contributed by atoms with Gasteiger partial charge in [0.25, 0.3) is 0 Å². The number of Topliss-reactive ketones (excluding diaryl/α,β-unsaturated/α-hetero) is 1. The number of halogens is 1. The van der Waals surface area contributed by atoms with Gasteiger partial charge in [-0.25, -0.2) is 0 Å². The SMILES string of the molecule is CN(CCC(=O)Cc1cccc(Cl)c1)Cc1ccccc1. The first-order chi connectivity index (χ1) is 10.1. The average molecular weight is 302 g/mol. The summed E-state index contributed by atoms with van der Waals surface area (Å²) in [5, 5.41) is 0.682. The minimum absolute atomic E-state index is 0.247. The lowest BCUT2D eigenvalue weighted by Crippen LogP contribution is -2.22. The predicted molar refractivity (Wildman–Crippen MR) is 87.6 cm³/mol. The van der Waals surface area contributed by atoms with Crippen LogP contribution >= 0.6 is 11.6 Å². The van der Waals surface area contributed by atoms with E-state index < -0.39 is 0 Å². The summed E-state index contributed by atoms with van der Waals surface area (Å²) in [5.41, 5.74) is 2.25. The van der Waals surface area contributed by atoms with Crippen molar-refractivity contribution in [1.82, 2.24) is 4.90 Å². The van der Waals surface area contributed by atoms with E-state index in [-0.39, 0.29) is 5.78 Å². The van der Waals surface area contributed by atoms with Gasteiger partial charge in [-0.05, 0) is 30.3 Å². The van der Waals surface area contributed by atoms with Crippen molar-refractivity contribution in [3.63, 3.8) is 0 Å². The van der Waals surface area contributed by atoms with Crippen LogP contribution in [-0.4, -0.2) is 24.3 Å². The second-order valence-electron chi connectivity index (χ2n) is 5.32. The molecular formula is C18H20ClNO. The Hall–Kier alpha value is -1.64. The van der Waals surface area contributed by atoms with E-state index in [1.54, 1.807) is 0 Å². The van der Waals surface area contributed by atoms with E-state index in [4.69, 9.17) is 11.6 Å². The van der Waals surface area contributed by atoms with E-state index in [1.807, 2.05) is 49.5 Å². The fraction of sp³-hybridized carbons (Fsp3) is 0.278. The summed E-state index contributed by atoms with van der Waals surface area (Å²) in [6, 6.07) is 17.8. The number of carbonyl (C=O) groups is 1. The fourth-order valence-electron chi connectivity index (χ4n) is 2.25. The first-order valence-electron chi connectivity index (χ1n) is 7.12. The van der Waals surface area contributed by atoms with Gasteiger partial charge in [-0.1, -0.05) is 54.1 Å². The molecule has 21 heavy (non-hydrogen) atoms. The molecule has 0 aromatic heterocycles. The van der Waals surface area contributed by atoms with Crippen LogP contribution in [0, 0.1) is 0 Å². The van der Waals surface area contributed by atoms with Crippen LogP contribution in [0.5, 0.6) is 0 Å². The number of hydrogen-bond acceptors (Lipinski definition) is 2. The minimum atomic E-state index is 0.247. The average Bonchev–Trinajstić information content (AvgIpc) is 2.46. The molecule has 0 unspecified atom stereocenters. The lowest BCUT2D eigenvalue weighted by molar-refractivity contribution is -0.118. The Kier molecular flexibility index (Phi) is 5.97. The summed E-state index contributed by atoms with van der Waals surface area (Å²) < 4.78 is 0. The van der Waals surface area contributed by atoms with Crippen molar-refractivity contribution < 1.29 is 4.79 Å². The van der Waals surface area contributed by atoms with Gasteiger partial charge in [0.1, 0.15) is 5.78 Å². The van der Waals surface area contributed by atoms with Crippen molar-refractivity contribution in [1.29, 1.82) is 0 Å². The molecule has 0 spiro atoms. The van der Waals surface area contributed by atoms with E-state index in [0.717, 1.165) is 18.7 Å². The van der Waals surface area contributed by atoms with E-state index in [0.29, 0.717) is 17.9 Å². The summed E-state index contributed by atoms with van der Waals surface area (Å²) in [7, 11) is 2.04. The van der Waals surface area contributed by atoms with Crippen LogP contribution < -0.4 is 0 Å². The monoisotopic (exact) mass is 301 g/mol. The van der Waals surface area contributed by atoms with Crippen molar-refractivity contribution in [2.45, 2.75) is 19.4 Å². The number of ketones is 1. The molecule has 0 radical (unpaired) electrons. The van der Waals surface area contributed by atoms with E-state index in [2.05, 4.69) is 17.0 Å². The van der Waals surface area contributed by atoms with Crippen LogP contribution in [0.15, 0.2) is 54.6 Å². The summed E-state index contributed by atoms with van der Waals surface area (Å²) in [4.78, 5) is 14.2. The molecule has 0 N–H and O–H groups in total. The van der Waals surface area contributed by atoms with Crippen LogP contribution in [-0.2, 0) is 17.8 Å². The molecule has 0 aliphatic heterocycles. The highest BCUT2D eigenvalue weighted by Crippen LogP contribution is 2.12. The second-order valence-corrected chi connectivity index (χ2v) is 5.76. The van der Waals surface area contributed by atoms with Crippen molar-refractivity contribution >= 4 is 17.4 Å². The molecule has 2 aromatic rings. The molecule has 0 atom stereocenters. The molecule has 2 nitrogen and oxygen atoms in total. The number of hydrogen-bond donors (Lipinski definition) is 0. The lowest BCUT2D eigenvalue weighted by Gasteiger charge is -2.16. The van der Waals surface area contributed by atoms with Gasteiger partial charge in [-0.3, -0.25) is 4.79 Å². The van der Waals surface area contributed by atoms with Crippen molar-refractivity contribution in [3.05, 3.63) is 70.7 Å².